The van der Waals surface area contributed by atoms with E-state index in [4.69, 9.17) is 12.2 Å². The third kappa shape index (κ3) is 5.06. The van der Waals surface area contributed by atoms with E-state index in [9.17, 15) is 8.42 Å². The summed E-state index contributed by atoms with van der Waals surface area (Å²) in [6, 6.07) is 23.0. The van der Waals surface area contributed by atoms with Gasteiger partial charge in [-0.15, -0.1) is 0 Å². The third-order valence-corrected chi connectivity index (χ3v) is 5.40. The van der Waals surface area contributed by atoms with Crippen molar-refractivity contribution in [2.45, 2.75) is 11.8 Å². The average molecular weight is 398 g/mol. The number of aryl methyl sites for hydroxylation is 1. The van der Waals surface area contributed by atoms with Gasteiger partial charge in [-0.1, -0.05) is 42.5 Å². The van der Waals surface area contributed by atoms with Gasteiger partial charge in [-0.05, 0) is 61.1 Å². The van der Waals surface area contributed by atoms with Gasteiger partial charge in [0.1, 0.15) is 0 Å². The summed E-state index contributed by atoms with van der Waals surface area (Å²) >= 11 is 5.33. The summed E-state index contributed by atoms with van der Waals surface area (Å²) in [4.78, 5) is 0.148. The molecule has 0 atom stereocenters. The topological polar surface area (TPSA) is 70.2 Å². The minimum atomic E-state index is -3.69. The van der Waals surface area contributed by atoms with Crippen LogP contribution in [0.25, 0.3) is 0 Å². The lowest BCUT2D eigenvalue weighted by atomic mass is 10.2. The van der Waals surface area contributed by atoms with E-state index >= 15 is 0 Å². The van der Waals surface area contributed by atoms with Crippen LogP contribution in [-0.4, -0.2) is 13.5 Å². The number of hydrogen-bond acceptors (Lipinski definition) is 3. The fourth-order valence-corrected chi connectivity index (χ4v) is 3.79. The number of nitrogens with one attached hydrogen (secondary N) is 3. The van der Waals surface area contributed by atoms with Crippen molar-refractivity contribution < 1.29 is 8.42 Å². The Bertz CT molecular complexity index is 1050. The number of thiocarbonyl (C=S) groups is 1. The Morgan fingerprint density at radius 2 is 1.48 bits per heavy atom. The first-order valence-electron chi connectivity index (χ1n) is 8.26. The van der Waals surface area contributed by atoms with Crippen molar-refractivity contribution in [1.82, 2.24) is 0 Å². The highest BCUT2D eigenvalue weighted by Crippen LogP contribution is 2.20. The first-order valence-corrected chi connectivity index (χ1v) is 10.1. The van der Waals surface area contributed by atoms with Gasteiger partial charge in [-0.25, -0.2) is 8.42 Å². The van der Waals surface area contributed by atoms with Crippen LogP contribution in [0.15, 0.2) is 83.8 Å². The van der Waals surface area contributed by atoms with Crippen LogP contribution in [0.1, 0.15) is 5.56 Å². The maximum absolute atomic E-state index is 12.6. The first kappa shape index (κ1) is 18.9. The first-order chi connectivity index (χ1) is 12.9. The van der Waals surface area contributed by atoms with Crippen LogP contribution in [0.5, 0.6) is 0 Å². The summed E-state index contributed by atoms with van der Waals surface area (Å²) < 4.78 is 27.7. The smallest absolute Gasteiger partial charge is 0.261 e. The van der Waals surface area contributed by atoms with Gasteiger partial charge >= 0.3 is 0 Å². The summed E-state index contributed by atoms with van der Waals surface area (Å²) in [5, 5.41) is 6.52. The predicted octanol–water partition coefficient (Wildman–Crippen LogP) is 4.60. The molecule has 0 radical (unpaired) electrons. The largest absolute Gasteiger partial charge is 0.332 e. The van der Waals surface area contributed by atoms with Gasteiger partial charge in [-0.2, -0.15) is 0 Å². The molecule has 0 saturated heterocycles. The van der Waals surface area contributed by atoms with E-state index < -0.39 is 10.0 Å². The molecule has 0 heterocycles. The molecule has 0 spiro atoms. The zero-order valence-electron chi connectivity index (χ0n) is 14.6. The monoisotopic (exact) mass is 397 g/mol. The number of sulfonamides is 1. The molecule has 0 fully saturated rings. The maximum atomic E-state index is 12.6. The highest BCUT2D eigenvalue weighted by molar-refractivity contribution is 7.92. The number of anilines is 3. The Morgan fingerprint density at radius 3 is 2.22 bits per heavy atom. The molecular weight excluding hydrogens is 378 g/mol. The molecule has 0 saturated carbocycles. The van der Waals surface area contributed by atoms with E-state index in [0.29, 0.717) is 16.5 Å². The van der Waals surface area contributed by atoms with E-state index in [-0.39, 0.29) is 4.90 Å². The van der Waals surface area contributed by atoms with Crippen LogP contribution in [-0.2, 0) is 10.0 Å². The van der Waals surface area contributed by atoms with Gasteiger partial charge in [0.2, 0.25) is 0 Å². The molecule has 3 rings (SSSR count). The van der Waals surface area contributed by atoms with Crippen LogP contribution >= 0.6 is 12.2 Å². The average Bonchev–Trinajstić information content (AvgIpc) is 2.64. The number of para-hydroxylation sites is 2. The molecule has 0 unspecified atom stereocenters. The second kappa shape index (κ2) is 8.20. The molecule has 138 valence electrons. The van der Waals surface area contributed by atoms with E-state index in [2.05, 4.69) is 15.4 Å². The van der Waals surface area contributed by atoms with E-state index in [1.807, 2.05) is 37.3 Å². The Morgan fingerprint density at radius 1 is 0.815 bits per heavy atom. The fourth-order valence-electron chi connectivity index (χ4n) is 2.46. The van der Waals surface area contributed by atoms with Crippen molar-refractivity contribution in [2.24, 2.45) is 0 Å². The van der Waals surface area contributed by atoms with Gasteiger partial charge in [0.25, 0.3) is 10.0 Å². The summed E-state index contributed by atoms with van der Waals surface area (Å²) in [5.41, 5.74) is 3.04. The van der Waals surface area contributed by atoms with Crippen molar-refractivity contribution in [1.29, 1.82) is 0 Å². The summed E-state index contributed by atoms with van der Waals surface area (Å²) in [5.74, 6) is 0. The third-order valence-electron chi connectivity index (χ3n) is 3.82. The lowest BCUT2D eigenvalue weighted by molar-refractivity contribution is 0.601. The summed E-state index contributed by atoms with van der Waals surface area (Å²) in [6.45, 7) is 1.98. The number of hydrogen-bond donors (Lipinski definition) is 3. The predicted molar refractivity (Wildman–Crippen MR) is 115 cm³/mol. The molecule has 0 bridgehead atoms. The molecule has 7 heteroatoms. The quantitative estimate of drug-likeness (QED) is 0.549. The number of benzene rings is 3. The zero-order valence-corrected chi connectivity index (χ0v) is 16.3. The fraction of sp³-hybridized carbons (Fsp3) is 0.0500. The van der Waals surface area contributed by atoms with Crippen LogP contribution < -0.4 is 15.4 Å². The lowest BCUT2D eigenvalue weighted by Gasteiger charge is -2.13. The van der Waals surface area contributed by atoms with E-state index in [1.54, 1.807) is 36.4 Å². The SMILES string of the molecule is Cc1ccccc1NC(=S)Nc1cccc(S(=O)(=O)Nc2ccccc2)c1. The summed E-state index contributed by atoms with van der Waals surface area (Å²) in [7, 11) is -3.69. The number of rotatable bonds is 5. The maximum Gasteiger partial charge on any atom is 0.261 e. The van der Waals surface area contributed by atoms with Gasteiger partial charge in [0.05, 0.1) is 4.90 Å². The van der Waals surface area contributed by atoms with Gasteiger partial charge in [0, 0.05) is 17.1 Å². The lowest BCUT2D eigenvalue weighted by Crippen LogP contribution is -2.20. The van der Waals surface area contributed by atoms with Crippen LogP contribution in [0, 0.1) is 6.92 Å². The Kier molecular flexibility index (Phi) is 5.73. The molecule has 27 heavy (non-hydrogen) atoms. The van der Waals surface area contributed by atoms with Gasteiger partial charge in [0.15, 0.2) is 5.11 Å². The highest BCUT2D eigenvalue weighted by atomic mass is 32.2. The van der Waals surface area contributed by atoms with Gasteiger partial charge < -0.3 is 10.6 Å². The van der Waals surface area contributed by atoms with Crippen LogP contribution in [0.3, 0.4) is 0 Å². The molecule has 3 aromatic rings. The molecule has 0 amide bonds. The van der Waals surface area contributed by atoms with E-state index in [1.165, 1.54) is 12.1 Å². The second-order valence-corrected chi connectivity index (χ2v) is 7.98. The molecule has 3 N–H and O–H groups in total. The van der Waals surface area contributed by atoms with Crippen molar-refractivity contribution in [3.05, 3.63) is 84.4 Å². The molecule has 5 nitrogen and oxygen atoms in total. The Labute approximate surface area is 164 Å². The highest BCUT2D eigenvalue weighted by Gasteiger charge is 2.14. The van der Waals surface area contributed by atoms with Crippen molar-refractivity contribution in [3.63, 3.8) is 0 Å². The normalized spacial score (nSPS) is 10.9. The minimum absolute atomic E-state index is 0.148. The molecule has 0 aliphatic carbocycles. The standard InChI is InChI=1S/C20H19N3O2S2/c1-15-8-5-6-13-19(15)22-20(26)21-17-11-7-12-18(14-17)27(24,25)23-16-9-3-2-4-10-16/h2-14,23H,1H3,(H2,21,22,26). The minimum Gasteiger partial charge on any atom is -0.332 e. The van der Waals surface area contributed by atoms with Crippen molar-refractivity contribution in [2.75, 3.05) is 15.4 Å². The Balaban J connectivity index is 1.73. The van der Waals surface area contributed by atoms with Crippen LogP contribution in [0.2, 0.25) is 0 Å². The van der Waals surface area contributed by atoms with E-state index in [0.717, 1.165) is 11.3 Å². The molecular formula is C20H19N3O2S2. The second-order valence-electron chi connectivity index (χ2n) is 5.89. The van der Waals surface area contributed by atoms with Crippen LogP contribution in [0.4, 0.5) is 17.1 Å². The molecule has 3 aromatic carbocycles. The van der Waals surface area contributed by atoms with Gasteiger partial charge in [-0.3, -0.25) is 4.72 Å². The summed E-state index contributed by atoms with van der Waals surface area (Å²) in [6.07, 6.45) is 0. The van der Waals surface area contributed by atoms with Crippen molar-refractivity contribution in [3.8, 4) is 0 Å². The molecule has 0 aliphatic heterocycles. The Hall–Kier alpha value is -2.90. The molecule has 0 aliphatic rings. The molecule has 0 aromatic heterocycles. The van der Waals surface area contributed by atoms with Crippen molar-refractivity contribution >= 4 is 44.4 Å². The zero-order chi connectivity index (χ0) is 19.3.